The zero-order valence-corrected chi connectivity index (χ0v) is 8.98. The molecule has 0 bridgehead atoms. The van der Waals surface area contributed by atoms with Crippen molar-refractivity contribution in [3.05, 3.63) is 35.4 Å². The lowest BCUT2D eigenvalue weighted by molar-refractivity contribution is 0.123. The third-order valence-electron chi connectivity index (χ3n) is 2.95. The molecule has 2 N–H and O–H groups in total. The summed E-state index contributed by atoms with van der Waals surface area (Å²) in [6.45, 7) is 3.97. The summed E-state index contributed by atoms with van der Waals surface area (Å²) in [6.07, 6.45) is 2.66. The number of rotatable bonds is 4. The highest BCUT2D eigenvalue weighted by Crippen LogP contribution is 2.16. The molecule has 3 nitrogen and oxygen atoms in total. The van der Waals surface area contributed by atoms with E-state index < -0.39 is 0 Å². The Labute approximate surface area is 90.8 Å². The molecule has 1 aromatic rings. The van der Waals surface area contributed by atoms with Crippen LogP contribution in [0.1, 0.15) is 24.0 Å². The smallest absolute Gasteiger partial charge is 0.0933 e. The molecule has 0 amide bonds. The molecule has 1 heterocycles. The van der Waals surface area contributed by atoms with Crippen LogP contribution in [-0.2, 0) is 18.0 Å². The molecule has 1 aliphatic rings. The second-order valence-corrected chi connectivity index (χ2v) is 4.06. The summed E-state index contributed by atoms with van der Waals surface area (Å²) in [6, 6.07) is 8.35. The van der Waals surface area contributed by atoms with Crippen molar-refractivity contribution in [3.63, 3.8) is 0 Å². The van der Waals surface area contributed by atoms with Crippen LogP contribution in [0.15, 0.2) is 24.3 Å². The second kappa shape index (κ2) is 5.26. The van der Waals surface area contributed by atoms with E-state index in [-0.39, 0.29) is 0 Å². The van der Waals surface area contributed by atoms with E-state index in [0.717, 1.165) is 6.54 Å². The van der Waals surface area contributed by atoms with Gasteiger partial charge in [0.05, 0.1) is 6.61 Å². The van der Waals surface area contributed by atoms with E-state index in [9.17, 15) is 0 Å². The minimum atomic E-state index is 0.504. The number of benzene rings is 1. The second-order valence-electron chi connectivity index (χ2n) is 4.06. The van der Waals surface area contributed by atoms with Crippen LogP contribution in [0.2, 0.25) is 0 Å². The van der Waals surface area contributed by atoms with Crippen molar-refractivity contribution in [2.45, 2.75) is 26.0 Å². The molecular formula is C12H18N2O. The van der Waals surface area contributed by atoms with Gasteiger partial charge in [-0.25, -0.2) is 5.90 Å². The molecule has 15 heavy (non-hydrogen) atoms. The fraction of sp³-hybridized carbons (Fsp3) is 0.500. The van der Waals surface area contributed by atoms with E-state index in [1.165, 1.54) is 37.1 Å². The van der Waals surface area contributed by atoms with Gasteiger partial charge in [-0.15, -0.1) is 0 Å². The molecule has 0 atom stereocenters. The van der Waals surface area contributed by atoms with Gasteiger partial charge in [0.2, 0.25) is 0 Å². The lowest BCUT2D eigenvalue weighted by atomic mass is 10.1. The average molecular weight is 206 g/mol. The van der Waals surface area contributed by atoms with Gasteiger partial charge in [-0.3, -0.25) is 9.74 Å². The van der Waals surface area contributed by atoms with E-state index in [1.54, 1.807) is 0 Å². The molecule has 0 unspecified atom stereocenters. The molecule has 0 aliphatic carbocycles. The molecule has 1 saturated heterocycles. The Hall–Kier alpha value is -0.900. The summed E-state index contributed by atoms with van der Waals surface area (Å²) < 4.78 is 0. The van der Waals surface area contributed by atoms with Crippen molar-refractivity contribution in [2.75, 3.05) is 13.1 Å². The Balaban J connectivity index is 2.05. The van der Waals surface area contributed by atoms with Gasteiger partial charge >= 0.3 is 0 Å². The van der Waals surface area contributed by atoms with E-state index in [2.05, 4.69) is 23.1 Å². The van der Waals surface area contributed by atoms with Crippen LogP contribution in [0.25, 0.3) is 0 Å². The first-order chi connectivity index (χ1) is 7.40. The first kappa shape index (κ1) is 10.6. The Bertz CT molecular complexity index is 308. The highest BCUT2D eigenvalue weighted by Gasteiger charge is 2.13. The van der Waals surface area contributed by atoms with Crippen molar-refractivity contribution in [2.24, 2.45) is 5.90 Å². The summed E-state index contributed by atoms with van der Waals surface area (Å²) in [5.74, 6) is 5.12. The Morgan fingerprint density at radius 1 is 1.13 bits per heavy atom. The van der Waals surface area contributed by atoms with E-state index >= 15 is 0 Å². The van der Waals surface area contributed by atoms with Gasteiger partial charge in [0.1, 0.15) is 0 Å². The predicted molar refractivity (Wildman–Crippen MR) is 59.9 cm³/mol. The van der Waals surface area contributed by atoms with Crippen molar-refractivity contribution in [1.82, 2.24) is 4.90 Å². The molecule has 0 radical (unpaired) electrons. The van der Waals surface area contributed by atoms with Crippen LogP contribution in [0.5, 0.6) is 0 Å². The summed E-state index contributed by atoms with van der Waals surface area (Å²) in [5.41, 5.74) is 2.54. The lowest BCUT2D eigenvalue weighted by Crippen LogP contribution is -2.19. The number of hydrogen-bond donors (Lipinski definition) is 1. The number of likely N-dealkylation sites (tertiary alicyclic amines) is 1. The summed E-state index contributed by atoms with van der Waals surface area (Å²) in [5, 5.41) is 0. The van der Waals surface area contributed by atoms with E-state index in [1.807, 2.05) is 6.07 Å². The van der Waals surface area contributed by atoms with Crippen LogP contribution < -0.4 is 5.90 Å². The SMILES string of the molecule is NOCc1ccccc1CN1CCCC1. The molecule has 82 valence electrons. The number of nitrogens with zero attached hydrogens (tertiary/aromatic N) is 1. The first-order valence-electron chi connectivity index (χ1n) is 5.51. The Morgan fingerprint density at radius 2 is 1.80 bits per heavy atom. The van der Waals surface area contributed by atoms with Gasteiger partial charge < -0.3 is 0 Å². The highest BCUT2D eigenvalue weighted by atomic mass is 16.6. The maximum Gasteiger partial charge on any atom is 0.0933 e. The molecule has 2 rings (SSSR count). The number of hydrogen-bond acceptors (Lipinski definition) is 3. The van der Waals surface area contributed by atoms with Gasteiger partial charge in [-0.1, -0.05) is 24.3 Å². The minimum Gasteiger partial charge on any atom is -0.300 e. The Morgan fingerprint density at radius 3 is 2.47 bits per heavy atom. The summed E-state index contributed by atoms with van der Waals surface area (Å²) in [4.78, 5) is 7.20. The zero-order valence-electron chi connectivity index (χ0n) is 8.98. The molecule has 1 aromatic carbocycles. The highest BCUT2D eigenvalue weighted by molar-refractivity contribution is 5.26. The van der Waals surface area contributed by atoms with Crippen LogP contribution in [0.4, 0.5) is 0 Å². The predicted octanol–water partition coefficient (Wildman–Crippen LogP) is 1.67. The molecule has 0 aromatic heterocycles. The molecule has 0 spiro atoms. The summed E-state index contributed by atoms with van der Waals surface area (Å²) in [7, 11) is 0. The van der Waals surface area contributed by atoms with Crippen molar-refractivity contribution >= 4 is 0 Å². The molecule has 1 aliphatic heterocycles. The van der Waals surface area contributed by atoms with Gasteiger partial charge in [-0.2, -0.15) is 0 Å². The Kier molecular flexibility index (Phi) is 3.72. The standard InChI is InChI=1S/C12H18N2O/c13-15-10-12-6-2-1-5-11(12)9-14-7-3-4-8-14/h1-2,5-6H,3-4,7-10,13H2. The van der Waals surface area contributed by atoms with E-state index in [4.69, 9.17) is 10.7 Å². The average Bonchev–Trinajstić information content (AvgIpc) is 2.74. The third-order valence-corrected chi connectivity index (χ3v) is 2.95. The van der Waals surface area contributed by atoms with Gasteiger partial charge in [0.25, 0.3) is 0 Å². The summed E-state index contributed by atoms with van der Waals surface area (Å²) >= 11 is 0. The minimum absolute atomic E-state index is 0.504. The van der Waals surface area contributed by atoms with Crippen molar-refractivity contribution in [3.8, 4) is 0 Å². The van der Waals surface area contributed by atoms with Gasteiger partial charge in [0.15, 0.2) is 0 Å². The van der Waals surface area contributed by atoms with Gasteiger partial charge in [-0.05, 0) is 37.1 Å². The van der Waals surface area contributed by atoms with Crippen LogP contribution >= 0.6 is 0 Å². The molecule has 3 heteroatoms. The van der Waals surface area contributed by atoms with Crippen LogP contribution in [-0.4, -0.2) is 18.0 Å². The quantitative estimate of drug-likeness (QED) is 0.762. The third kappa shape index (κ3) is 2.78. The molecular weight excluding hydrogens is 188 g/mol. The van der Waals surface area contributed by atoms with Crippen molar-refractivity contribution in [1.29, 1.82) is 0 Å². The molecule has 0 saturated carbocycles. The lowest BCUT2D eigenvalue weighted by Gasteiger charge is -2.16. The van der Waals surface area contributed by atoms with Crippen molar-refractivity contribution < 1.29 is 4.84 Å². The largest absolute Gasteiger partial charge is 0.300 e. The van der Waals surface area contributed by atoms with Crippen LogP contribution in [0, 0.1) is 0 Å². The fourth-order valence-electron chi connectivity index (χ4n) is 2.12. The number of nitrogens with two attached hydrogens (primary N) is 1. The first-order valence-corrected chi connectivity index (χ1v) is 5.51. The fourth-order valence-corrected chi connectivity index (χ4v) is 2.12. The van der Waals surface area contributed by atoms with E-state index in [0.29, 0.717) is 6.61 Å². The molecule has 1 fully saturated rings. The van der Waals surface area contributed by atoms with Crippen LogP contribution in [0.3, 0.4) is 0 Å². The topological polar surface area (TPSA) is 38.5 Å². The normalized spacial score (nSPS) is 17.1. The van der Waals surface area contributed by atoms with Gasteiger partial charge in [0, 0.05) is 6.54 Å². The monoisotopic (exact) mass is 206 g/mol. The maximum absolute atomic E-state index is 5.12. The zero-order chi connectivity index (χ0) is 10.5. The maximum atomic E-state index is 5.12.